The molecule has 0 fully saturated rings. The fourth-order valence-electron chi connectivity index (χ4n) is 0.771. The van der Waals surface area contributed by atoms with Gasteiger partial charge in [0.25, 0.3) is 5.91 Å². The molecule has 1 atom stereocenters. The second kappa shape index (κ2) is 4.74. The van der Waals surface area contributed by atoms with Gasteiger partial charge >= 0.3 is 5.97 Å². The quantitative estimate of drug-likeness (QED) is 0.829. The lowest BCUT2D eigenvalue weighted by Gasteiger charge is -2.07. The molecule has 1 amide bonds. The number of hydrogen-bond donors (Lipinski definition) is 2. The van der Waals surface area contributed by atoms with Gasteiger partial charge in [-0.15, -0.1) is 11.3 Å². The molecule has 0 bridgehead atoms. The molecule has 0 aliphatic heterocycles. The van der Waals surface area contributed by atoms with Crippen LogP contribution in [0.15, 0.2) is 11.4 Å². The van der Waals surface area contributed by atoms with Crippen molar-refractivity contribution in [1.82, 2.24) is 5.32 Å². The Balaban J connectivity index is 2.63. The number of aliphatic carboxylic acids is 1. The third-order valence-electron chi connectivity index (χ3n) is 1.55. The van der Waals surface area contributed by atoms with E-state index in [1.54, 1.807) is 11.4 Å². The summed E-state index contributed by atoms with van der Waals surface area (Å²) in [7, 11) is 0. The standard InChI is InChI=1S/C8H8INO3S/c1-4(8(12)13)10-7(11)5-2-6(9)14-3-5/h2-4H,1H3,(H,10,11)(H,12,13)/t4-/m1/s1. The van der Waals surface area contributed by atoms with Gasteiger partial charge in [-0.2, -0.15) is 0 Å². The maximum Gasteiger partial charge on any atom is 0.325 e. The lowest BCUT2D eigenvalue weighted by molar-refractivity contribution is -0.138. The highest BCUT2D eigenvalue weighted by Crippen LogP contribution is 2.16. The van der Waals surface area contributed by atoms with E-state index in [-0.39, 0.29) is 5.91 Å². The number of halogens is 1. The van der Waals surface area contributed by atoms with Gasteiger partial charge in [0, 0.05) is 5.38 Å². The van der Waals surface area contributed by atoms with Crippen molar-refractivity contribution < 1.29 is 14.7 Å². The molecule has 1 aromatic heterocycles. The van der Waals surface area contributed by atoms with E-state index in [0.29, 0.717) is 5.56 Å². The van der Waals surface area contributed by atoms with Crippen LogP contribution in [0.4, 0.5) is 0 Å². The van der Waals surface area contributed by atoms with E-state index in [1.807, 2.05) is 0 Å². The van der Waals surface area contributed by atoms with Gasteiger partial charge in [0.05, 0.1) is 8.45 Å². The number of thiophene rings is 1. The summed E-state index contributed by atoms with van der Waals surface area (Å²) in [5.74, 6) is -1.39. The molecule has 4 nitrogen and oxygen atoms in total. The van der Waals surface area contributed by atoms with Crippen molar-refractivity contribution in [2.45, 2.75) is 13.0 Å². The Labute approximate surface area is 98.5 Å². The smallest absolute Gasteiger partial charge is 0.325 e. The highest BCUT2D eigenvalue weighted by molar-refractivity contribution is 14.1. The van der Waals surface area contributed by atoms with Crippen LogP contribution < -0.4 is 5.32 Å². The molecular weight excluding hydrogens is 317 g/mol. The Hall–Kier alpha value is -0.630. The first-order valence-electron chi connectivity index (χ1n) is 3.78. The average molecular weight is 325 g/mol. The third kappa shape index (κ3) is 2.95. The van der Waals surface area contributed by atoms with E-state index < -0.39 is 12.0 Å². The Morgan fingerprint density at radius 1 is 1.64 bits per heavy atom. The van der Waals surface area contributed by atoms with Gasteiger partial charge in [-0.25, -0.2) is 0 Å². The minimum atomic E-state index is -1.04. The van der Waals surface area contributed by atoms with Crippen LogP contribution in [0.2, 0.25) is 0 Å². The lowest BCUT2D eigenvalue weighted by atomic mass is 10.3. The van der Waals surface area contributed by atoms with Gasteiger partial charge in [0.1, 0.15) is 6.04 Å². The highest BCUT2D eigenvalue weighted by Gasteiger charge is 2.15. The summed E-state index contributed by atoms with van der Waals surface area (Å²) in [5.41, 5.74) is 0.507. The van der Waals surface area contributed by atoms with Crippen LogP contribution in [0.3, 0.4) is 0 Å². The van der Waals surface area contributed by atoms with Gasteiger partial charge in [0.2, 0.25) is 0 Å². The highest BCUT2D eigenvalue weighted by atomic mass is 127. The number of carbonyl (C=O) groups excluding carboxylic acids is 1. The Morgan fingerprint density at radius 2 is 2.29 bits per heavy atom. The second-order valence-electron chi connectivity index (χ2n) is 2.67. The molecule has 0 radical (unpaired) electrons. The van der Waals surface area contributed by atoms with Crippen LogP contribution in [0, 0.1) is 2.88 Å². The zero-order valence-electron chi connectivity index (χ0n) is 7.28. The van der Waals surface area contributed by atoms with Gasteiger partial charge in [-0.05, 0) is 35.6 Å². The molecule has 0 aromatic carbocycles. The Kier molecular flexibility index (Phi) is 3.87. The number of nitrogens with one attached hydrogen (secondary N) is 1. The van der Waals surface area contributed by atoms with Crippen molar-refractivity contribution in [3.8, 4) is 0 Å². The van der Waals surface area contributed by atoms with Gasteiger partial charge in [0.15, 0.2) is 0 Å². The molecule has 1 aromatic rings. The molecule has 76 valence electrons. The first-order valence-corrected chi connectivity index (χ1v) is 5.74. The molecule has 0 unspecified atom stereocenters. The predicted octanol–water partition coefficient (Wildman–Crippen LogP) is 1.56. The van der Waals surface area contributed by atoms with Crippen LogP contribution in [0.25, 0.3) is 0 Å². The first-order chi connectivity index (χ1) is 6.50. The zero-order chi connectivity index (χ0) is 10.7. The van der Waals surface area contributed by atoms with Gasteiger partial charge in [-0.1, -0.05) is 0 Å². The monoisotopic (exact) mass is 325 g/mol. The van der Waals surface area contributed by atoms with Crippen LogP contribution in [0.1, 0.15) is 17.3 Å². The van der Waals surface area contributed by atoms with Crippen LogP contribution in [-0.4, -0.2) is 23.0 Å². The fourth-order valence-corrected chi connectivity index (χ4v) is 2.10. The molecular formula is C8H8INO3S. The van der Waals surface area contributed by atoms with Crippen LogP contribution >= 0.6 is 33.9 Å². The number of carbonyl (C=O) groups is 2. The summed E-state index contributed by atoms with van der Waals surface area (Å²) in [6.07, 6.45) is 0. The maximum absolute atomic E-state index is 11.4. The van der Waals surface area contributed by atoms with Crippen LogP contribution in [0.5, 0.6) is 0 Å². The van der Waals surface area contributed by atoms with Crippen molar-refractivity contribution in [1.29, 1.82) is 0 Å². The number of rotatable bonds is 3. The minimum absolute atomic E-state index is 0.348. The third-order valence-corrected chi connectivity index (χ3v) is 3.34. The van der Waals surface area contributed by atoms with Crippen molar-refractivity contribution in [3.05, 3.63) is 19.9 Å². The topological polar surface area (TPSA) is 66.4 Å². The molecule has 2 N–H and O–H groups in total. The molecule has 6 heteroatoms. The second-order valence-corrected chi connectivity index (χ2v) is 5.48. The SMILES string of the molecule is C[C@@H](NC(=O)c1csc(I)c1)C(=O)O. The number of carboxylic acids is 1. The van der Waals surface area contributed by atoms with E-state index in [4.69, 9.17) is 5.11 Å². The van der Waals surface area contributed by atoms with E-state index in [2.05, 4.69) is 27.9 Å². The van der Waals surface area contributed by atoms with Gasteiger partial charge in [-0.3, -0.25) is 9.59 Å². The Bertz CT molecular complexity index is 363. The van der Waals surface area contributed by atoms with Crippen molar-refractivity contribution in [3.63, 3.8) is 0 Å². The first kappa shape index (κ1) is 11.4. The molecule has 0 aliphatic rings. The molecule has 14 heavy (non-hydrogen) atoms. The molecule has 0 aliphatic carbocycles. The molecule has 0 saturated carbocycles. The summed E-state index contributed by atoms with van der Waals surface area (Å²) in [6, 6.07) is 0.856. The fraction of sp³-hybridized carbons (Fsp3) is 0.250. The number of amides is 1. The molecule has 1 heterocycles. The van der Waals surface area contributed by atoms with Crippen molar-refractivity contribution >= 4 is 45.8 Å². The molecule has 0 saturated heterocycles. The van der Waals surface area contributed by atoms with E-state index >= 15 is 0 Å². The van der Waals surface area contributed by atoms with E-state index in [0.717, 1.165) is 2.88 Å². The molecule has 1 rings (SSSR count). The number of hydrogen-bond acceptors (Lipinski definition) is 3. The van der Waals surface area contributed by atoms with Crippen LogP contribution in [-0.2, 0) is 4.79 Å². The van der Waals surface area contributed by atoms with E-state index in [9.17, 15) is 9.59 Å². The minimum Gasteiger partial charge on any atom is -0.480 e. The van der Waals surface area contributed by atoms with Gasteiger partial charge < -0.3 is 10.4 Å². The van der Waals surface area contributed by atoms with E-state index in [1.165, 1.54) is 18.3 Å². The maximum atomic E-state index is 11.4. The van der Waals surface area contributed by atoms with Crippen molar-refractivity contribution in [2.24, 2.45) is 0 Å². The zero-order valence-corrected chi connectivity index (χ0v) is 10.3. The summed E-state index contributed by atoms with van der Waals surface area (Å²) >= 11 is 3.55. The number of carboxylic acid groups (broad SMARTS) is 1. The lowest BCUT2D eigenvalue weighted by Crippen LogP contribution is -2.38. The average Bonchev–Trinajstić information content (AvgIpc) is 2.51. The molecule has 0 spiro atoms. The van der Waals surface area contributed by atoms with Crippen molar-refractivity contribution in [2.75, 3.05) is 0 Å². The Morgan fingerprint density at radius 3 is 2.71 bits per heavy atom. The predicted molar refractivity (Wildman–Crippen MR) is 61.6 cm³/mol. The summed E-state index contributed by atoms with van der Waals surface area (Å²) in [4.78, 5) is 21.9. The normalized spacial score (nSPS) is 12.1. The summed E-state index contributed by atoms with van der Waals surface area (Å²) < 4.78 is 0.996. The largest absolute Gasteiger partial charge is 0.480 e. The summed E-state index contributed by atoms with van der Waals surface area (Å²) in [6.45, 7) is 1.43. The summed E-state index contributed by atoms with van der Waals surface area (Å²) in [5, 5.41) is 12.6.